The molecule has 110 valence electrons. The van der Waals surface area contributed by atoms with Crippen molar-refractivity contribution in [1.82, 2.24) is 25.9 Å². The standard InChI is InChI=1S/C12H19N5O3/c18-12(19)10-4-8-3-9(2-1-7(8)5-13-10)20-6-11-14-16-17-15-11/h7-10,13H,1-6H2,(H,18,19)(H,14,15,16,17)/t7-,8+,9+,10-/m0/s1. The van der Waals surface area contributed by atoms with Gasteiger partial charge in [0.15, 0.2) is 5.82 Å². The molecule has 0 radical (unpaired) electrons. The number of hydrogen-bond acceptors (Lipinski definition) is 6. The Morgan fingerprint density at radius 3 is 3.00 bits per heavy atom. The van der Waals surface area contributed by atoms with Gasteiger partial charge in [-0.3, -0.25) is 4.79 Å². The molecule has 0 spiro atoms. The van der Waals surface area contributed by atoms with E-state index in [-0.39, 0.29) is 6.10 Å². The molecule has 0 unspecified atom stereocenters. The van der Waals surface area contributed by atoms with Gasteiger partial charge in [0.2, 0.25) is 0 Å². The van der Waals surface area contributed by atoms with Gasteiger partial charge in [0.1, 0.15) is 12.6 Å². The van der Waals surface area contributed by atoms with Crippen LogP contribution >= 0.6 is 0 Å². The van der Waals surface area contributed by atoms with Crippen molar-refractivity contribution < 1.29 is 14.6 Å². The first kappa shape index (κ1) is 13.4. The second kappa shape index (κ2) is 5.84. The highest BCUT2D eigenvalue weighted by atomic mass is 16.5. The molecule has 3 rings (SSSR count). The molecule has 1 aliphatic carbocycles. The van der Waals surface area contributed by atoms with Gasteiger partial charge in [-0.1, -0.05) is 5.21 Å². The minimum absolute atomic E-state index is 0.169. The van der Waals surface area contributed by atoms with E-state index in [2.05, 4.69) is 25.9 Å². The molecule has 1 aliphatic heterocycles. The van der Waals surface area contributed by atoms with E-state index >= 15 is 0 Å². The van der Waals surface area contributed by atoms with Crippen LogP contribution in [0.3, 0.4) is 0 Å². The molecule has 2 aliphatic rings. The number of carbonyl (C=O) groups is 1. The summed E-state index contributed by atoms with van der Waals surface area (Å²) in [5, 5.41) is 25.8. The average Bonchev–Trinajstić information content (AvgIpc) is 2.97. The second-order valence-corrected chi connectivity index (χ2v) is 5.63. The lowest BCUT2D eigenvalue weighted by atomic mass is 9.72. The number of rotatable bonds is 4. The highest BCUT2D eigenvalue weighted by Gasteiger charge is 2.37. The molecule has 1 aromatic rings. The first-order chi connectivity index (χ1) is 9.72. The van der Waals surface area contributed by atoms with Crippen molar-refractivity contribution in [2.24, 2.45) is 11.8 Å². The maximum atomic E-state index is 11.1. The van der Waals surface area contributed by atoms with Crippen molar-refractivity contribution in [3.63, 3.8) is 0 Å². The third-order valence-electron chi connectivity index (χ3n) is 4.39. The van der Waals surface area contributed by atoms with E-state index in [1.165, 1.54) is 0 Å². The monoisotopic (exact) mass is 281 g/mol. The van der Waals surface area contributed by atoms with E-state index in [0.717, 1.165) is 25.8 Å². The van der Waals surface area contributed by atoms with E-state index in [4.69, 9.17) is 9.84 Å². The molecule has 20 heavy (non-hydrogen) atoms. The number of H-pyrrole nitrogens is 1. The number of aromatic nitrogens is 4. The molecule has 2 fully saturated rings. The van der Waals surface area contributed by atoms with Gasteiger partial charge in [0.05, 0.1) is 6.10 Å². The van der Waals surface area contributed by atoms with Crippen LogP contribution in [0.1, 0.15) is 31.5 Å². The van der Waals surface area contributed by atoms with Crippen LogP contribution in [-0.4, -0.2) is 50.4 Å². The molecule has 0 aromatic carbocycles. The fraction of sp³-hybridized carbons (Fsp3) is 0.833. The van der Waals surface area contributed by atoms with Crippen LogP contribution in [0.4, 0.5) is 0 Å². The van der Waals surface area contributed by atoms with Gasteiger partial charge < -0.3 is 15.2 Å². The highest BCUT2D eigenvalue weighted by Crippen LogP contribution is 2.37. The molecule has 1 saturated carbocycles. The molecule has 3 N–H and O–H groups in total. The topological polar surface area (TPSA) is 113 Å². The first-order valence-corrected chi connectivity index (χ1v) is 7.02. The van der Waals surface area contributed by atoms with Gasteiger partial charge in [-0.15, -0.1) is 10.2 Å². The number of carboxylic acids is 1. The van der Waals surface area contributed by atoms with Crippen LogP contribution in [0.5, 0.6) is 0 Å². The zero-order valence-electron chi connectivity index (χ0n) is 11.2. The fourth-order valence-electron chi connectivity index (χ4n) is 3.30. The lowest BCUT2D eigenvalue weighted by Crippen LogP contribution is -2.50. The molecule has 8 heteroatoms. The van der Waals surface area contributed by atoms with Crippen LogP contribution in [-0.2, 0) is 16.1 Å². The van der Waals surface area contributed by atoms with Crippen molar-refractivity contribution in [2.75, 3.05) is 6.54 Å². The maximum Gasteiger partial charge on any atom is 0.320 e. The first-order valence-electron chi connectivity index (χ1n) is 7.02. The molecular formula is C12H19N5O3. The molecule has 2 heterocycles. The minimum Gasteiger partial charge on any atom is -0.480 e. The number of hydrogen-bond donors (Lipinski definition) is 3. The lowest BCUT2D eigenvalue weighted by molar-refractivity contribution is -0.141. The summed E-state index contributed by atoms with van der Waals surface area (Å²) < 4.78 is 5.82. The maximum absolute atomic E-state index is 11.1. The third kappa shape index (κ3) is 2.96. The SMILES string of the molecule is O=C(O)[C@@H]1C[C@H]2C[C@H](OCc3nn[nH]n3)CC[C@H]2CN1. The van der Waals surface area contributed by atoms with Crippen LogP contribution in [0.2, 0.25) is 0 Å². The summed E-state index contributed by atoms with van der Waals surface area (Å²) in [6.45, 7) is 1.17. The van der Waals surface area contributed by atoms with E-state index in [1.54, 1.807) is 0 Å². The lowest BCUT2D eigenvalue weighted by Gasteiger charge is -2.41. The number of tetrazole rings is 1. The summed E-state index contributed by atoms with van der Waals surface area (Å²) in [7, 11) is 0. The van der Waals surface area contributed by atoms with Gasteiger partial charge in [0.25, 0.3) is 0 Å². The van der Waals surface area contributed by atoms with E-state index in [9.17, 15) is 4.79 Å². The summed E-state index contributed by atoms with van der Waals surface area (Å²) in [5.74, 6) is 0.816. The quantitative estimate of drug-likeness (QED) is 0.709. The van der Waals surface area contributed by atoms with E-state index < -0.39 is 12.0 Å². The molecule has 1 saturated heterocycles. The molecule has 0 bridgehead atoms. The van der Waals surface area contributed by atoms with Gasteiger partial charge in [0, 0.05) is 0 Å². The molecular weight excluding hydrogens is 262 g/mol. The number of piperidine rings is 1. The number of nitrogens with zero attached hydrogens (tertiary/aromatic N) is 3. The number of fused-ring (bicyclic) bond motifs is 1. The van der Waals surface area contributed by atoms with Crippen molar-refractivity contribution in [3.05, 3.63) is 5.82 Å². The predicted octanol–water partition coefficient (Wildman–Crippen LogP) is -0.0523. The summed E-state index contributed by atoms with van der Waals surface area (Å²) in [5.41, 5.74) is 0. The number of carboxylic acid groups (broad SMARTS) is 1. The Hall–Kier alpha value is -1.54. The van der Waals surface area contributed by atoms with Crippen molar-refractivity contribution in [1.29, 1.82) is 0 Å². The van der Waals surface area contributed by atoms with Crippen LogP contribution < -0.4 is 5.32 Å². The largest absolute Gasteiger partial charge is 0.480 e. The molecule has 4 atom stereocenters. The van der Waals surface area contributed by atoms with Gasteiger partial charge in [-0.05, 0) is 44.1 Å². The van der Waals surface area contributed by atoms with Gasteiger partial charge in [-0.25, -0.2) is 0 Å². The van der Waals surface area contributed by atoms with Crippen molar-refractivity contribution in [2.45, 2.75) is 44.4 Å². The number of aliphatic carboxylic acids is 1. The van der Waals surface area contributed by atoms with Crippen LogP contribution in [0, 0.1) is 11.8 Å². The van der Waals surface area contributed by atoms with E-state index in [1.807, 2.05) is 0 Å². The molecule has 8 nitrogen and oxygen atoms in total. The Morgan fingerprint density at radius 2 is 2.25 bits per heavy atom. The Balaban J connectivity index is 1.52. The normalized spacial score (nSPS) is 33.6. The Labute approximate surface area is 116 Å². The fourth-order valence-corrected chi connectivity index (χ4v) is 3.30. The number of ether oxygens (including phenoxy) is 1. The minimum atomic E-state index is -0.752. The van der Waals surface area contributed by atoms with Crippen molar-refractivity contribution >= 4 is 5.97 Å². The predicted molar refractivity (Wildman–Crippen MR) is 67.6 cm³/mol. The number of aromatic amines is 1. The summed E-state index contributed by atoms with van der Waals surface area (Å²) in [4.78, 5) is 11.1. The zero-order chi connectivity index (χ0) is 13.9. The average molecular weight is 281 g/mol. The van der Waals surface area contributed by atoms with Crippen LogP contribution in [0.15, 0.2) is 0 Å². The smallest absolute Gasteiger partial charge is 0.320 e. The van der Waals surface area contributed by atoms with Crippen molar-refractivity contribution in [3.8, 4) is 0 Å². The summed E-state index contributed by atoms with van der Waals surface area (Å²) >= 11 is 0. The van der Waals surface area contributed by atoms with Crippen LogP contribution in [0.25, 0.3) is 0 Å². The summed E-state index contributed by atoms with van der Waals surface area (Å²) in [6.07, 6.45) is 3.89. The number of nitrogens with one attached hydrogen (secondary N) is 2. The Kier molecular flexibility index (Phi) is 3.93. The third-order valence-corrected chi connectivity index (χ3v) is 4.39. The second-order valence-electron chi connectivity index (χ2n) is 5.63. The van der Waals surface area contributed by atoms with E-state index in [0.29, 0.717) is 30.7 Å². The molecule has 0 amide bonds. The Morgan fingerprint density at radius 1 is 1.35 bits per heavy atom. The highest BCUT2D eigenvalue weighted by molar-refractivity contribution is 5.73. The van der Waals surface area contributed by atoms with Gasteiger partial charge >= 0.3 is 5.97 Å². The summed E-state index contributed by atoms with van der Waals surface area (Å²) in [6, 6.07) is -0.410. The Bertz CT molecular complexity index is 452. The van der Waals surface area contributed by atoms with Gasteiger partial charge in [-0.2, -0.15) is 5.21 Å². The zero-order valence-corrected chi connectivity index (χ0v) is 11.2. The molecule has 1 aromatic heterocycles.